The van der Waals surface area contributed by atoms with Crippen molar-refractivity contribution in [3.63, 3.8) is 0 Å². The summed E-state index contributed by atoms with van der Waals surface area (Å²) >= 11 is 0. The highest BCUT2D eigenvalue weighted by molar-refractivity contribution is 4.66. The summed E-state index contributed by atoms with van der Waals surface area (Å²) in [6.45, 7) is -1.59. The first-order valence-corrected chi connectivity index (χ1v) is 5.02. The van der Waals surface area contributed by atoms with Crippen LogP contribution in [0.25, 0.3) is 0 Å². The number of rotatable bonds is 7. The number of halogens is 6. The van der Waals surface area contributed by atoms with E-state index in [1.54, 1.807) is 0 Å². The molecule has 0 heterocycles. The number of nitrogens with one attached hydrogen (secondary N) is 1. The fourth-order valence-electron chi connectivity index (χ4n) is 1.18. The van der Waals surface area contributed by atoms with Crippen LogP contribution in [0.15, 0.2) is 0 Å². The molecule has 0 aromatic rings. The van der Waals surface area contributed by atoms with E-state index in [2.05, 4.69) is 10.1 Å². The van der Waals surface area contributed by atoms with Gasteiger partial charge in [0, 0.05) is 19.1 Å². The SMILES string of the molecule is CNC(CCOCC(F)(F)F)CCC(F)(F)F. The van der Waals surface area contributed by atoms with Gasteiger partial charge in [-0.1, -0.05) is 0 Å². The largest absolute Gasteiger partial charge is 0.411 e. The number of ether oxygens (including phenoxy) is 1. The van der Waals surface area contributed by atoms with Crippen LogP contribution in [0.3, 0.4) is 0 Å². The van der Waals surface area contributed by atoms with Gasteiger partial charge in [0.15, 0.2) is 0 Å². The first-order valence-electron chi connectivity index (χ1n) is 5.02. The van der Waals surface area contributed by atoms with Crippen molar-refractivity contribution in [1.29, 1.82) is 0 Å². The summed E-state index contributed by atoms with van der Waals surface area (Å²) in [5.41, 5.74) is 0. The molecule has 0 aliphatic carbocycles. The summed E-state index contributed by atoms with van der Waals surface area (Å²) in [5, 5.41) is 2.61. The Balaban J connectivity index is 3.69. The Morgan fingerprint density at radius 3 is 2.00 bits per heavy atom. The molecule has 1 atom stereocenters. The van der Waals surface area contributed by atoms with Gasteiger partial charge in [-0.05, 0) is 19.9 Å². The summed E-state index contributed by atoms with van der Waals surface area (Å²) in [4.78, 5) is 0. The van der Waals surface area contributed by atoms with Gasteiger partial charge in [0.25, 0.3) is 0 Å². The highest BCUT2D eigenvalue weighted by Crippen LogP contribution is 2.23. The molecule has 0 aromatic carbocycles. The van der Waals surface area contributed by atoms with Crippen LogP contribution in [0.1, 0.15) is 19.3 Å². The van der Waals surface area contributed by atoms with E-state index in [1.807, 2.05) is 0 Å². The third-order valence-electron chi connectivity index (χ3n) is 2.06. The van der Waals surface area contributed by atoms with Gasteiger partial charge in [0.1, 0.15) is 6.61 Å². The molecule has 104 valence electrons. The van der Waals surface area contributed by atoms with Gasteiger partial charge >= 0.3 is 12.4 Å². The van der Waals surface area contributed by atoms with E-state index >= 15 is 0 Å². The lowest BCUT2D eigenvalue weighted by molar-refractivity contribution is -0.174. The van der Waals surface area contributed by atoms with Gasteiger partial charge in [-0.2, -0.15) is 26.3 Å². The topological polar surface area (TPSA) is 21.3 Å². The van der Waals surface area contributed by atoms with Crippen LogP contribution in [0, 0.1) is 0 Å². The van der Waals surface area contributed by atoms with Gasteiger partial charge in [-0.25, -0.2) is 0 Å². The lowest BCUT2D eigenvalue weighted by atomic mass is 10.1. The predicted molar refractivity (Wildman–Crippen MR) is 49.6 cm³/mol. The Hall–Kier alpha value is -0.500. The first-order chi connectivity index (χ1) is 7.64. The van der Waals surface area contributed by atoms with Crippen molar-refractivity contribution in [1.82, 2.24) is 5.32 Å². The van der Waals surface area contributed by atoms with Crippen molar-refractivity contribution >= 4 is 0 Å². The second-order valence-corrected chi connectivity index (χ2v) is 3.60. The maximum absolute atomic E-state index is 11.9. The van der Waals surface area contributed by atoms with E-state index in [1.165, 1.54) is 7.05 Å². The molecule has 0 aromatic heterocycles. The van der Waals surface area contributed by atoms with E-state index in [9.17, 15) is 26.3 Å². The molecule has 8 heteroatoms. The molecule has 0 aliphatic heterocycles. The van der Waals surface area contributed by atoms with Gasteiger partial charge < -0.3 is 10.1 Å². The van der Waals surface area contributed by atoms with Crippen molar-refractivity contribution in [3.05, 3.63) is 0 Å². The highest BCUT2D eigenvalue weighted by atomic mass is 19.4. The first kappa shape index (κ1) is 16.5. The quantitative estimate of drug-likeness (QED) is 0.565. The summed E-state index contributed by atoms with van der Waals surface area (Å²) in [6, 6.07) is -0.496. The molecule has 0 amide bonds. The zero-order valence-corrected chi connectivity index (χ0v) is 9.29. The van der Waals surface area contributed by atoms with Crippen molar-refractivity contribution in [2.75, 3.05) is 20.3 Å². The highest BCUT2D eigenvalue weighted by Gasteiger charge is 2.29. The van der Waals surface area contributed by atoms with Crippen LogP contribution in [0.5, 0.6) is 0 Å². The van der Waals surface area contributed by atoms with Crippen LogP contribution in [0.2, 0.25) is 0 Å². The van der Waals surface area contributed by atoms with Crippen molar-refractivity contribution in [2.24, 2.45) is 0 Å². The third-order valence-corrected chi connectivity index (χ3v) is 2.06. The minimum absolute atomic E-state index is 0.114. The maximum Gasteiger partial charge on any atom is 0.411 e. The van der Waals surface area contributed by atoms with E-state index in [0.29, 0.717) is 0 Å². The molecule has 1 unspecified atom stereocenters. The minimum Gasteiger partial charge on any atom is -0.372 e. The second-order valence-electron chi connectivity index (χ2n) is 3.60. The van der Waals surface area contributed by atoms with E-state index < -0.39 is 31.4 Å². The van der Waals surface area contributed by atoms with Crippen LogP contribution in [-0.4, -0.2) is 38.7 Å². The van der Waals surface area contributed by atoms with E-state index in [0.717, 1.165) is 0 Å². The average Bonchev–Trinajstić information content (AvgIpc) is 2.13. The Labute approximate surface area is 95.3 Å². The Morgan fingerprint density at radius 1 is 1.00 bits per heavy atom. The van der Waals surface area contributed by atoms with Crippen LogP contribution < -0.4 is 5.32 Å². The van der Waals surface area contributed by atoms with Gasteiger partial charge in [-0.3, -0.25) is 0 Å². The molecule has 17 heavy (non-hydrogen) atoms. The Morgan fingerprint density at radius 2 is 1.59 bits per heavy atom. The molecular weight excluding hydrogens is 252 g/mol. The molecular formula is C9H15F6NO. The molecule has 1 N–H and O–H groups in total. The maximum atomic E-state index is 11.9. The zero-order valence-electron chi connectivity index (χ0n) is 9.29. The monoisotopic (exact) mass is 267 g/mol. The smallest absolute Gasteiger partial charge is 0.372 e. The fourth-order valence-corrected chi connectivity index (χ4v) is 1.18. The van der Waals surface area contributed by atoms with Crippen molar-refractivity contribution in [3.8, 4) is 0 Å². The van der Waals surface area contributed by atoms with E-state index in [4.69, 9.17) is 0 Å². The number of alkyl halides is 6. The molecule has 0 saturated carbocycles. The van der Waals surface area contributed by atoms with Crippen LogP contribution >= 0.6 is 0 Å². The molecule has 0 saturated heterocycles. The molecule has 0 spiro atoms. The molecule has 0 radical (unpaired) electrons. The standard InChI is InChI=1S/C9H15F6NO/c1-16-7(2-4-8(10,11)12)3-5-17-6-9(13,14)15/h7,16H,2-6H2,1H3. The summed E-state index contributed by atoms with van der Waals surface area (Å²) in [7, 11) is 1.46. The average molecular weight is 267 g/mol. The van der Waals surface area contributed by atoms with Crippen molar-refractivity contribution < 1.29 is 31.1 Å². The fraction of sp³-hybridized carbons (Fsp3) is 1.00. The summed E-state index contributed by atoms with van der Waals surface area (Å²) in [6.07, 6.45) is -9.67. The lowest BCUT2D eigenvalue weighted by Crippen LogP contribution is -2.29. The minimum atomic E-state index is -4.40. The Kier molecular flexibility index (Phi) is 6.84. The van der Waals surface area contributed by atoms with Gasteiger partial charge in [0.05, 0.1) is 0 Å². The zero-order chi connectivity index (χ0) is 13.5. The molecule has 2 nitrogen and oxygen atoms in total. The van der Waals surface area contributed by atoms with Crippen molar-refractivity contribution in [2.45, 2.75) is 37.7 Å². The second kappa shape index (κ2) is 7.05. The Bertz CT molecular complexity index is 203. The van der Waals surface area contributed by atoms with Crippen LogP contribution in [0.4, 0.5) is 26.3 Å². The lowest BCUT2D eigenvalue weighted by Gasteiger charge is -2.17. The van der Waals surface area contributed by atoms with Gasteiger partial charge in [0.2, 0.25) is 0 Å². The van der Waals surface area contributed by atoms with Gasteiger partial charge in [-0.15, -0.1) is 0 Å². The summed E-state index contributed by atoms with van der Waals surface area (Å²) < 4.78 is 75.0. The number of hydrogen-bond acceptors (Lipinski definition) is 2. The van der Waals surface area contributed by atoms with Crippen LogP contribution in [-0.2, 0) is 4.74 Å². The predicted octanol–water partition coefficient (Wildman–Crippen LogP) is 2.89. The summed E-state index contributed by atoms with van der Waals surface area (Å²) in [5.74, 6) is 0. The normalized spacial score (nSPS) is 15.0. The third kappa shape index (κ3) is 11.8. The molecule has 0 fully saturated rings. The molecule has 0 bridgehead atoms. The van der Waals surface area contributed by atoms with E-state index in [-0.39, 0.29) is 19.4 Å². The molecule has 0 rings (SSSR count). The molecule has 0 aliphatic rings. The number of hydrogen-bond donors (Lipinski definition) is 1.